The molecule has 2 fully saturated rings. The third kappa shape index (κ3) is 8.37. The van der Waals surface area contributed by atoms with Crippen LogP contribution >= 0.6 is 0 Å². The Labute approximate surface area is 414 Å². The summed E-state index contributed by atoms with van der Waals surface area (Å²) in [6.07, 6.45) is 2.70. The van der Waals surface area contributed by atoms with Gasteiger partial charge in [-0.25, -0.2) is 27.6 Å². The standard InChI is InChI=1S/C58H59FN6O5S/c1-8-71(68,69)55-60-52-44(54(61-55)63(7)42-30-31-64(34-42)56(66)67)32-43(39-28-29-39)51(53(52)70-37(3)38-20-12-9-13-21-38)50-36(2)48(59)33-49-45(50)35-65(62-49)58(40-22-14-10-15-23-40,41-24-16-11-17-25-41)47-27-19-18-26-46(47)57(4,5)6/h9-27,32-33,35,37,39,42H,8,28-31,34H2,1-7H3,(H,66,67)/t37-,42-/m0/s1. The summed E-state index contributed by atoms with van der Waals surface area (Å²) in [7, 11) is -2.19. The Bertz CT molecular complexity index is 3390. The number of amides is 1. The minimum Gasteiger partial charge on any atom is -0.483 e. The largest absolute Gasteiger partial charge is 0.483 e. The Balaban J connectivity index is 1.33. The Morgan fingerprint density at radius 3 is 2.03 bits per heavy atom. The maximum absolute atomic E-state index is 17.3. The summed E-state index contributed by atoms with van der Waals surface area (Å²) >= 11 is 0. The molecule has 6 aromatic carbocycles. The van der Waals surface area contributed by atoms with Crippen LogP contribution in [0.1, 0.15) is 105 Å². The highest BCUT2D eigenvalue weighted by Gasteiger charge is 2.44. The Morgan fingerprint density at radius 1 is 0.845 bits per heavy atom. The Kier molecular flexibility index (Phi) is 12.2. The molecular formula is C58H59FN6O5S. The molecule has 11 nitrogen and oxygen atoms in total. The SMILES string of the molecule is CCS(=O)(=O)c1nc(N(C)[C@H]2CCN(C(=O)O)C2)c2cc(C3CC3)c(-c3c(C)c(F)cc4nn(C(c5ccccc5)(c5ccccc5)c5ccccc5C(C)(C)C)cc34)c(O[C@@H](C)c3ccccc3)c2n1. The minimum absolute atomic E-state index is 0.0501. The maximum atomic E-state index is 17.3. The van der Waals surface area contributed by atoms with Crippen molar-refractivity contribution < 1.29 is 27.4 Å². The van der Waals surface area contributed by atoms with E-state index in [4.69, 9.17) is 19.8 Å². The van der Waals surface area contributed by atoms with Gasteiger partial charge in [0.25, 0.3) is 0 Å². The summed E-state index contributed by atoms with van der Waals surface area (Å²) < 4.78 is 54.6. The molecule has 8 aromatic rings. The highest BCUT2D eigenvalue weighted by atomic mass is 32.2. The number of likely N-dealkylation sites (N-methyl/N-ethyl adjacent to an activating group) is 1. The van der Waals surface area contributed by atoms with E-state index in [1.54, 1.807) is 13.8 Å². The van der Waals surface area contributed by atoms with E-state index < -0.39 is 33.4 Å². The first-order valence-corrected chi connectivity index (χ1v) is 26.1. The number of likely N-dealkylation sites (tertiary alicyclic amines) is 1. The predicted molar refractivity (Wildman–Crippen MR) is 278 cm³/mol. The number of benzene rings is 6. The number of halogens is 1. The van der Waals surface area contributed by atoms with Crippen molar-refractivity contribution in [2.45, 2.75) is 95.0 Å². The van der Waals surface area contributed by atoms with E-state index in [0.717, 1.165) is 46.2 Å². The number of ether oxygens (including phenoxy) is 1. The zero-order valence-corrected chi connectivity index (χ0v) is 42.0. The van der Waals surface area contributed by atoms with Gasteiger partial charge in [0.1, 0.15) is 28.8 Å². The Hall–Kier alpha value is -7.12. The first-order valence-electron chi connectivity index (χ1n) is 24.5. The summed E-state index contributed by atoms with van der Waals surface area (Å²) in [6, 6.07) is 42.2. The number of carbonyl (C=O) groups is 1. The number of rotatable bonds is 13. The van der Waals surface area contributed by atoms with Crippen LogP contribution in [0.15, 0.2) is 139 Å². The van der Waals surface area contributed by atoms with E-state index in [9.17, 15) is 18.3 Å². The molecule has 1 saturated carbocycles. The van der Waals surface area contributed by atoms with Crippen molar-refractivity contribution in [2.75, 3.05) is 30.8 Å². The topological polar surface area (TPSA) is 131 Å². The average molecular weight is 971 g/mol. The molecule has 1 N–H and O–H groups in total. The lowest BCUT2D eigenvalue weighted by Crippen LogP contribution is -2.40. The third-order valence-electron chi connectivity index (χ3n) is 14.6. The van der Waals surface area contributed by atoms with Gasteiger partial charge in [0.05, 0.1) is 11.3 Å². The second-order valence-electron chi connectivity index (χ2n) is 20.1. The van der Waals surface area contributed by atoms with Crippen LogP contribution in [-0.4, -0.2) is 76.2 Å². The first kappa shape index (κ1) is 47.6. The Morgan fingerprint density at radius 2 is 1.45 bits per heavy atom. The molecule has 1 aliphatic heterocycles. The number of hydrogen-bond acceptors (Lipinski definition) is 8. The second-order valence-corrected chi connectivity index (χ2v) is 22.3. The summed E-state index contributed by atoms with van der Waals surface area (Å²) in [6.45, 7) is 12.5. The average Bonchev–Trinajstić information content (AvgIpc) is 3.94. The van der Waals surface area contributed by atoms with E-state index in [0.29, 0.717) is 57.5 Å². The molecule has 3 heterocycles. The van der Waals surface area contributed by atoms with Gasteiger partial charge >= 0.3 is 6.09 Å². The maximum Gasteiger partial charge on any atom is 0.407 e. The molecule has 1 saturated heterocycles. The quantitative estimate of drug-likeness (QED) is 0.0886. The van der Waals surface area contributed by atoms with Crippen molar-refractivity contribution in [3.8, 4) is 16.9 Å². The van der Waals surface area contributed by atoms with E-state index in [2.05, 4.69) is 69.3 Å². The van der Waals surface area contributed by atoms with Crippen molar-refractivity contribution >= 4 is 43.6 Å². The molecule has 364 valence electrons. The predicted octanol–water partition coefficient (Wildman–Crippen LogP) is 12.2. The number of sulfone groups is 1. The summed E-state index contributed by atoms with van der Waals surface area (Å²) in [5.74, 6) is -0.000694. The van der Waals surface area contributed by atoms with Gasteiger partial charge in [-0.15, -0.1) is 0 Å². The molecule has 0 unspecified atom stereocenters. The van der Waals surface area contributed by atoms with Crippen LogP contribution in [0.2, 0.25) is 0 Å². The molecule has 10 rings (SSSR count). The van der Waals surface area contributed by atoms with Gasteiger partial charge in [-0.05, 0) is 89.5 Å². The fraction of sp³-hybridized carbons (Fsp3) is 0.310. The second kappa shape index (κ2) is 18.2. The van der Waals surface area contributed by atoms with Crippen LogP contribution in [0, 0.1) is 12.7 Å². The molecule has 1 amide bonds. The van der Waals surface area contributed by atoms with Crippen molar-refractivity contribution in [1.29, 1.82) is 0 Å². The number of nitrogens with zero attached hydrogens (tertiary/aromatic N) is 6. The summed E-state index contributed by atoms with van der Waals surface area (Å²) in [4.78, 5) is 25.1. The summed E-state index contributed by atoms with van der Waals surface area (Å²) in [5.41, 5.74) is 6.76. The van der Waals surface area contributed by atoms with Crippen molar-refractivity contribution in [3.63, 3.8) is 0 Å². The zero-order chi connectivity index (χ0) is 50.0. The molecule has 0 radical (unpaired) electrons. The molecule has 2 atom stereocenters. The molecule has 0 spiro atoms. The number of carboxylic acid groups (broad SMARTS) is 1. The van der Waals surface area contributed by atoms with Crippen LogP contribution < -0.4 is 9.64 Å². The highest BCUT2D eigenvalue weighted by molar-refractivity contribution is 7.91. The van der Waals surface area contributed by atoms with E-state index >= 15 is 4.39 Å². The lowest BCUT2D eigenvalue weighted by Gasteiger charge is -2.39. The molecular weight excluding hydrogens is 912 g/mol. The van der Waals surface area contributed by atoms with Gasteiger partial charge in [-0.1, -0.05) is 143 Å². The fourth-order valence-corrected chi connectivity index (χ4v) is 11.3. The van der Waals surface area contributed by atoms with Crippen molar-refractivity contribution in [1.82, 2.24) is 24.6 Å². The van der Waals surface area contributed by atoms with Crippen molar-refractivity contribution in [2.24, 2.45) is 0 Å². The van der Waals surface area contributed by atoms with Crippen LogP contribution in [0.25, 0.3) is 32.9 Å². The molecule has 13 heteroatoms. The number of anilines is 1. The summed E-state index contributed by atoms with van der Waals surface area (Å²) in [5, 5.41) is 16.3. The van der Waals surface area contributed by atoms with Gasteiger partial charge < -0.3 is 19.6 Å². The molecule has 1 aliphatic carbocycles. The van der Waals surface area contributed by atoms with E-state index in [1.807, 2.05) is 103 Å². The van der Waals surface area contributed by atoms with Crippen LogP contribution in [0.3, 0.4) is 0 Å². The molecule has 2 aliphatic rings. The van der Waals surface area contributed by atoms with Gasteiger partial charge in [0, 0.05) is 60.3 Å². The zero-order valence-electron chi connectivity index (χ0n) is 41.2. The minimum atomic E-state index is -4.02. The number of hydrogen-bond donors (Lipinski definition) is 1. The number of aromatic nitrogens is 4. The monoisotopic (exact) mass is 970 g/mol. The van der Waals surface area contributed by atoms with E-state index in [-0.39, 0.29) is 40.3 Å². The van der Waals surface area contributed by atoms with Gasteiger partial charge in [-0.2, -0.15) is 5.10 Å². The van der Waals surface area contributed by atoms with Gasteiger partial charge in [0.2, 0.25) is 15.0 Å². The van der Waals surface area contributed by atoms with Crippen LogP contribution in [-0.2, 0) is 20.8 Å². The van der Waals surface area contributed by atoms with Crippen molar-refractivity contribution in [3.05, 3.63) is 178 Å². The third-order valence-corrected chi connectivity index (χ3v) is 16.1. The van der Waals surface area contributed by atoms with Crippen LogP contribution in [0.4, 0.5) is 15.0 Å². The first-order chi connectivity index (χ1) is 34.0. The van der Waals surface area contributed by atoms with Gasteiger partial charge in [-0.3, -0.25) is 4.68 Å². The molecule has 71 heavy (non-hydrogen) atoms. The smallest absolute Gasteiger partial charge is 0.407 e. The van der Waals surface area contributed by atoms with Gasteiger partial charge in [0.15, 0.2) is 5.75 Å². The molecule has 2 aromatic heterocycles. The van der Waals surface area contributed by atoms with Crippen LogP contribution in [0.5, 0.6) is 5.75 Å². The fourth-order valence-electron chi connectivity index (χ4n) is 10.6. The lowest BCUT2D eigenvalue weighted by molar-refractivity contribution is 0.155. The normalized spacial score (nSPS) is 15.9. The number of fused-ring (bicyclic) bond motifs is 2. The highest BCUT2D eigenvalue weighted by Crippen LogP contribution is 2.54. The molecule has 0 bridgehead atoms. The lowest BCUT2D eigenvalue weighted by atomic mass is 9.71. The van der Waals surface area contributed by atoms with E-state index in [1.165, 1.54) is 11.0 Å².